The van der Waals surface area contributed by atoms with E-state index in [-0.39, 0.29) is 51.4 Å². The minimum atomic E-state index is 0. The third-order valence-electron chi connectivity index (χ3n) is 1.03. The van der Waals surface area contributed by atoms with Gasteiger partial charge in [0.05, 0.1) is 12.0 Å². The summed E-state index contributed by atoms with van der Waals surface area (Å²) in [5.74, 6) is 0. The average Bonchev–Trinajstić information content (AvgIpc) is 2.33. The van der Waals surface area contributed by atoms with Crippen molar-refractivity contribution in [3.8, 4) is 0 Å². The van der Waals surface area contributed by atoms with Crippen molar-refractivity contribution in [1.29, 1.82) is 0 Å². The molecule has 2 heterocycles. The van der Waals surface area contributed by atoms with Gasteiger partial charge in [-0.2, -0.15) is 0 Å². The molecule has 5 heteroatoms. The van der Waals surface area contributed by atoms with Gasteiger partial charge in [0, 0.05) is 6.33 Å². The van der Waals surface area contributed by atoms with Crippen LogP contribution in [0.5, 0.6) is 0 Å². The number of H-pyrrole nitrogens is 1. The van der Waals surface area contributed by atoms with Gasteiger partial charge in [-0.15, -0.1) is 0 Å². The number of aromatic amines is 1. The second-order valence-corrected chi connectivity index (χ2v) is 1.59. The summed E-state index contributed by atoms with van der Waals surface area (Å²) >= 11 is 0. The van der Waals surface area contributed by atoms with Crippen LogP contribution in [0.15, 0.2) is 12.7 Å². The van der Waals surface area contributed by atoms with Crippen LogP contribution in [0.3, 0.4) is 0 Å². The van der Waals surface area contributed by atoms with Crippen LogP contribution in [0.4, 0.5) is 0 Å². The summed E-state index contributed by atoms with van der Waals surface area (Å²) in [7, 11) is 0. The molecular weight excluding hydrogens is 155 g/mol. The van der Waals surface area contributed by atoms with E-state index in [0.717, 1.165) is 5.52 Å². The van der Waals surface area contributed by atoms with Gasteiger partial charge < -0.3 is 15.0 Å². The molecule has 1 N–H and O–H groups in total. The fraction of sp³-hybridized carbons (Fsp3) is 0. The van der Waals surface area contributed by atoms with Gasteiger partial charge in [-0.3, -0.25) is 4.98 Å². The predicted molar refractivity (Wildman–Crippen MR) is 30.5 cm³/mol. The van der Waals surface area contributed by atoms with Crippen LogP contribution in [0.2, 0.25) is 0 Å². The van der Waals surface area contributed by atoms with E-state index < -0.39 is 0 Å². The number of nitrogens with zero attached hydrogens (tertiary/aromatic N) is 3. The molecule has 0 amide bonds. The van der Waals surface area contributed by atoms with E-state index in [0.29, 0.717) is 5.65 Å². The number of rotatable bonds is 0. The molecule has 44 valence electrons. The van der Waals surface area contributed by atoms with E-state index >= 15 is 0 Å². The molecule has 10 heavy (non-hydrogen) atoms. The molecule has 0 saturated carbocycles. The standard InChI is InChI=1S/C5H3N4.K/c1-4-5(8-2-6-1)9-3-7-4;/h2-3H,(H,6,7,8,9);/q-1;+1. The van der Waals surface area contributed by atoms with Crippen LogP contribution in [-0.4, -0.2) is 19.9 Å². The van der Waals surface area contributed by atoms with Crippen molar-refractivity contribution in [2.75, 3.05) is 0 Å². The van der Waals surface area contributed by atoms with E-state index in [9.17, 15) is 0 Å². The Kier molecular flexibility index (Phi) is 2.93. The maximum Gasteiger partial charge on any atom is 1.00 e. The Morgan fingerprint density at radius 2 is 2.30 bits per heavy atom. The molecule has 2 aromatic rings. The van der Waals surface area contributed by atoms with Crippen LogP contribution >= 0.6 is 0 Å². The normalized spacial score (nSPS) is 9.20. The van der Waals surface area contributed by atoms with Gasteiger partial charge in [-0.25, -0.2) is 0 Å². The quantitative estimate of drug-likeness (QED) is 0.332. The zero-order valence-corrected chi connectivity index (χ0v) is 8.62. The maximum atomic E-state index is 3.88. The molecule has 0 radical (unpaired) electrons. The predicted octanol–water partition coefficient (Wildman–Crippen LogP) is -2.84. The van der Waals surface area contributed by atoms with Crippen molar-refractivity contribution >= 4 is 11.2 Å². The van der Waals surface area contributed by atoms with Crippen LogP contribution in [-0.2, 0) is 0 Å². The molecule has 0 aliphatic carbocycles. The third kappa shape index (κ3) is 1.43. The second kappa shape index (κ2) is 3.54. The Hall–Kier alpha value is 0.186. The first-order valence-corrected chi connectivity index (χ1v) is 2.48. The van der Waals surface area contributed by atoms with Gasteiger partial charge in [0.25, 0.3) is 0 Å². The fourth-order valence-electron chi connectivity index (χ4n) is 0.644. The van der Waals surface area contributed by atoms with Gasteiger partial charge in [-0.05, 0) is 5.52 Å². The Bertz CT molecular complexity index is 288. The van der Waals surface area contributed by atoms with Crippen molar-refractivity contribution in [3.05, 3.63) is 18.9 Å². The average molecular weight is 158 g/mol. The van der Waals surface area contributed by atoms with Gasteiger partial charge in [0.15, 0.2) is 0 Å². The number of aromatic nitrogens is 4. The summed E-state index contributed by atoms with van der Waals surface area (Å²) in [6, 6.07) is 0. The molecule has 2 aromatic heterocycles. The Morgan fingerprint density at radius 3 is 3.10 bits per heavy atom. The van der Waals surface area contributed by atoms with E-state index in [2.05, 4.69) is 26.1 Å². The van der Waals surface area contributed by atoms with Gasteiger partial charge in [-0.1, -0.05) is 6.20 Å². The summed E-state index contributed by atoms with van der Waals surface area (Å²) in [5, 5.41) is 0. The summed E-state index contributed by atoms with van der Waals surface area (Å²) < 4.78 is 0. The molecule has 0 unspecified atom stereocenters. The number of imidazole rings is 1. The van der Waals surface area contributed by atoms with Crippen molar-refractivity contribution in [1.82, 2.24) is 19.9 Å². The fourth-order valence-corrected chi connectivity index (χ4v) is 0.644. The molecule has 0 spiro atoms. The maximum absolute atomic E-state index is 3.88. The topological polar surface area (TPSA) is 54.5 Å². The van der Waals surface area contributed by atoms with Crippen LogP contribution in [0.25, 0.3) is 11.2 Å². The number of fused-ring (bicyclic) bond motifs is 1. The largest absolute Gasteiger partial charge is 1.00 e. The van der Waals surface area contributed by atoms with Crippen molar-refractivity contribution in [2.45, 2.75) is 0 Å². The summed E-state index contributed by atoms with van der Waals surface area (Å²) in [5.41, 5.74) is 1.41. The zero-order chi connectivity index (χ0) is 6.10. The molecule has 4 nitrogen and oxygen atoms in total. The van der Waals surface area contributed by atoms with Crippen molar-refractivity contribution in [3.63, 3.8) is 0 Å². The Labute approximate surface area is 99.9 Å². The molecule has 0 aromatic carbocycles. The zero-order valence-electron chi connectivity index (χ0n) is 5.50. The smallest absolute Gasteiger partial charge is 0.374 e. The first-order chi connectivity index (χ1) is 4.47. The SMILES string of the molecule is [K+].[c-]1ncnc2nc[nH]c12. The van der Waals surface area contributed by atoms with Gasteiger partial charge >= 0.3 is 51.4 Å². The molecule has 0 atom stereocenters. The van der Waals surface area contributed by atoms with Crippen LogP contribution < -0.4 is 51.4 Å². The summed E-state index contributed by atoms with van der Waals surface area (Å²) in [6.45, 7) is 0. The monoisotopic (exact) mass is 158 g/mol. The van der Waals surface area contributed by atoms with Crippen molar-refractivity contribution in [2.24, 2.45) is 0 Å². The second-order valence-electron chi connectivity index (χ2n) is 1.59. The van der Waals surface area contributed by atoms with Gasteiger partial charge in [0.2, 0.25) is 0 Å². The van der Waals surface area contributed by atoms with E-state index in [1.807, 2.05) is 0 Å². The number of hydrogen-bond donors (Lipinski definition) is 1. The molecule has 0 aliphatic heterocycles. The molecule has 2 rings (SSSR count). The minimum Gasteiger partial charge on any atom is -0.374 e. The summed E-state index contributed by atoms with van der Waals surface area (Å²) in [6.07, 6.45) is 5.69. The molecular formula is C5H3KN4. The molecule has 0 fully saturated rings. The first-order valence-electron chi connectivity index (χ1n) is 2.48. The first kappa shape index (κ1) is 8.28. The minimum absolute atomic E-state index is 0. The number of nitrogens with one attached hydrogen (secondary N) is 1. The Morgan fingerprint density at radius 1 is 1.40 bits per heavy atom. The van der Waals surface area contributed by atoms with Crippen LogP contribution in [0.1, 0.15) is 0 Å². The van der Waals surface area contributed by atoms with Crippen molar-refractivity contribution < 1.29 is 51.4 Å². The molecule has 0 aliphatic rings. The Balaban J connectivity index is 0.000000500. The molecule has 0 bridgehead atoms. The van der Waals surface area contributed by atoms with Crippen LogP contribution in [0, 0.1) is 6.20 Å². The summed E-state index contributed by atoms with van der Waals surface area (Å²) in [4.78, 5) is 14.2. The number of hydrogen-bond acceptors (Lipinski definition) is 3. The third-order valence-corrected chi connectivity index (χ3v) is 1.03. The molecule has 0 saturated heterocycles. The van der Waals surface area contributed by atoms with E-state index in [1.165, 1.54) is 6.33 Å². The van der Waals surface area contributed by atoms with E-state index in [4.69, 9.17) is 0 Å². The van der Waals surface area contributed by atoms with Gasteiger partial charge in [0.1, 0.15) is 0 Å². The van der Waals surface area contributed by atoms with E-state index in [1.54, 1.807) is 6.33 Å².